The van der Waals surface area contributed by atoms with E-state index in [2.05, 4.69) is 66.2 Å². The number of rotatable bonds is 11. The number of benzene rings is 2. The van der Waals surface area contributed by atoms with Gasteiger partial charge in [0.2, 0.25) is 0 Å². The first-order chi connectivity index (χ1) is 15.3. The molecule has 3 atom stereocenters. The van der Waals surface area contributed by atoms with E-state index in [1.807, 2.05) is 24.3 Å². The first-order valence-electron chi connectivity index (χ1n) is 12.0. The Bertz CT molecular complexity index is 786. The van der Waals surface area contributed by atoms with Gasteiger partial charge in [0.1, 0.15) is 0 Å². The summed E-state index contributed by atoms with van der Waals surface area (Å²) in [6.45, 7) is 4.92. The highest BCUT2D eigenvalue weighted by molar-refractivity contribution is 9.09. The minimum atomic E-state index is -2.82. The van der Waals surface area contributed by atoms with Crippen molar-refractivity contribution in [1.82, 2.24) is 0 Å². The third-order valence-electron chi connectivity index (χ3n) is 7.29. The average molecular weight is 508 g/mol. The summed E-state index contributed by atoms with van der Waals surface area (Å²) < 4.78 is 34.1. The van der Waals surface area contributed by atoms with Gasteiger partial charge >= 0.3 is 4.83 Å². The van der Waals surface area contributed by atoms with Crippen molar-refractivity contribution in [3.05, 3.63) is 71.8 Å². The van der Waals surface area contributed by atoms with Gasteiger partial charge < -0.3 is 4.74 Å². The zero-order chi connectivity index (χ0) is 23.0. The summed E-state index contributed by atoms with van der Waals surface area (Å²) in [6.07, 6.45) is 6.99. The first kappa shape index (κ1) is 25.4. The fourth-order valence-corrected chi connectivity index (χ4v) is 5.32. The lowest BCUT2D eigenvalue weighted by molar-refractivity contribution is -0.0530. The highest BCUT2D eigenvalue weighted by Crippen LogP contribution is 2.45. The molecule has 4 heteroatoms. The number of alkyl halides is 3. The van der Waals surface area contributed by atoms with Crippen LogP contribution in [0.1, 0.15) is 88.4 Å². The van der Waals surface area contributed by atoms with Crippen LogP contribution in [0.4, 0.5) is 8.78 Å². The lowest BCUT2D eigenvalue weighted by Crippen LogP contribution is -2.35. The van der Waals surface area contributed by atoms with Crippen molar-refractivity contribution in [2.75, 3.05) is 6.61 Å². The Morgan fingerprint density at radius 1 is 0.906 bits per heavy atom. The Labute approximate surface area is 201 Å². The van der Waals surface area contributed by atoms with Crippen molar-refractivity contribution < 1.29 is 13.5 Å². The third-order valence-corrected chi connectivity index (χ3v) is 7.69. The molecule has 1 fully saturated rings. The summed E-state index contributed by atoms with van der Waals surface area (Å²) in [6, 6.07) is 20.9. The molecular weight excluding hydrogens is 470 g/mol. The van der Waals surface area contributed by atoms with Crippen LogP contribution in [-0.4, -0.2) is 11.4 Å². The minimum absolute atomic E-state index is 0.0567. The van der Waals surface area contributed by atoms with Crippen LogP contribution in [0.5, 0.6) is 0 Å². The quantitative estimate of drug-likeness (QED) is 0.275. The summed E-state index contributed by atoms with van der Waals surface area (Å²) in [4.78, 5) is -2.82. The van der Waals surface area contributed by atoms with E-state index < -0.39 is 4.83 Å². The SMILES string of the molecule is CC(CC(OCC(C)(CCC(F)(F)Br)C1CCCCC1)c1ccccc1)c1ccccc1. The Hall–Kier alpha value is -1.26. The average Bonchev–Trinajstić information content (AvgIpc) is 2.81. The van der Waals surface area contributed by atoms with Crippen LogP contribution in [-0.2, 0) is 4.74 Å². The minimum Gasteiger partial charge on any atom is -0.373 e. The van der Waals surface area contributed by atoms with Gasteiger partial charge in [-0.05, 0) is 70.0 Å². The fourth-order valence-electron chi connectivity index (χ4n) is 5.12. The van der Waals surface area contributed by atoms with Crippen LogP contribution < -0.4 is 0 Å². The normalized spacial score (nSPS) is 19.3. The maximum absolute atomic E-state index is 13.7. The van der Waals surface area contributed by atoms with E-state index >= 15 is 0 Å². The fraction of sp³-hybridized carbons (Fsp3) is 0.571. The van der Waals surface area contributed by atoms with Crippen molar-refractivity contribution in [2.24, 2.45) is 11.3 Å². The van der Waals surface area contributed by atoms with Gasteiger partial charge in [0.05, 0.1) is 12.7 Å². The molecule has 1 nitrogen and oxygen atoms in total. The molecule has 176 valence electrons. The van der Waals surface area contributed by atoms with Gasteiger partial charge in [-0.1, -0.05) is 93.8 Å². The number of hydrogen-bond donors (Lipinski definition) is 0. The summed E-state index contributed by atoms with van der Waals surface area (Å²) >= 11 is 2.56. The van der Waals surface area contributed by atoms with E-state index in [-0.39, 0.29) is 17.9 Å². The smallest absolute Gasteiger partial charge is 0.301 e. The topological polar surface area (TPSA) is 9.23 Å². The van der Waals surface area contributed by atoms with Crippen molar-refractivity contribution >= 4 is 15.9 Å². The van der Waals surface area contributed by atoms with Crippen molar-refractivity contribution in [2.45, 2.75) is 82.1 Å². The Morgan fingerprint density at radius 3 is 2.03 bits per heavy atom. The molecule has 0 aliphatic heterocycles. The number of halogens is 3. The van der Waals surface area contributed by atoms with Crippen LogP contribution in [0, 0.1) is 11.3 Å². The van der Waals surface area contributed by atoms with E-state index in [4.69, 9.17) is 4.74 Å². The molecule has 0 radical (unpaired) electrons. The molecule has 3 unspecified atom stereocenters. The van der Waals surface area contributed by atoms with Gasteiger partial charge in [-0.15, -0.1) is 0 Å². The largest absolute Gasteiger partial charge is 0.373 e. The second-order valence-electron chi connectivity index (χ2n) is 9.86. The Morgan fingerprint density at radius 2 is 1.47 bits per heavy atom. The van der Waals surface area contributed by atoms with Gasteiger partial charge in [-0.25, -0.2) is 0 Å². The molecule has 0 bridgehead atoms. The van der Waals surface area contributed by atoms with E-state index in [0.717, 1.165) is 24.8 Å². The van der Waals surface area contributed by atoms with Crippen LogP contribution in [0.15, 0.2) is 60.7 Å². The second kappa shape index (κ2) is 11.7. The molecule has 1 aliphatic rings. The second-order valence-corrected chi connectivity index (χ2v) is 11.0. The van der Waals surface area contributed by atoms with Gasteiger partial charge in [-0.2, -0.15) is 8.78 Å². The molecule has 1 saturated carbocycles. The van der Waals surface area contributed by atoms with Gasteiger partial charge in [0, 0.05) is 6.42 Å². The van der Waals surface area contributed by atoms with E-state index in [9.17, 15) is 8.78 Å². The van der Waals surface area contributed by atoms with Crippen LogP contribution in [0.2, 0.25) is 0 Å². The van der Waals surface area contributed by atoms with Crippen LogP contribution >= 0.6 is 15.9 Å². The molecule has 0 amide bonds. The summed E-state index contributed by atoms with van der Waals surface area (Å²) in [7, 11) is 0. The Kier molecular flexibility index (Phi) is 9.31. The number of hydrogen-bond acceptors (Lipinski definition) is 1. The standard InChI is InChI=1S/C28H37BrF2O/c1-22(23-12-6-3-7-13-23)20-26(24-14-8-4-9-15-24)32-21-27(2,18-19-28(29,30)31)25-16-10-5-11-17-25/h3-4,6-9,12-15,22,25-26H,5,10-11,16-21H2,1-2H3. The molecular formula is C28H37BrF2O. The van der Waals surface area contributed by atoms with Gasteiger partial charge in [-0.3, -0.25) is 0 Å². The molecule has 1 aliphatic carbocycles. The maximum Gasteiger partial charge on any atom is 0.301 e. The monoisotopic (exact) mass is 506 g/mol. The molecule has 2 aromatic carbocycles. The van der Waals surface area contributed by atoms with E-state index in [0.29, 0.717) is 24.9 Å². The molecule has 0 aromatic heterocycles. The van der Waals surface area contributed by atoms with E-state index in [1.54, 1.807) is 0 Å². The summed E-state index contributed by atoms with van der Waals surface area (Å²) in [5.41, 5.74) is 2.21. The molecule has 0 saturated heterocycles. The molecule has 2 aromatic rings. The predicted molar refractivity (Wildman–Crippen MR) is 132 cm³/mol. The third kappa shape index (κ3) is 7.66. The predicted octanol–water partition coefficient (Wildman–Crippen LogP) is 9.29. The number of ether oxygens (including phenoxy) is 1. The highest BCUT2D eigenvalue weighted by Gasteiger charge is 2.39. The van der Waals surface area contributed by atoms with Crippen LogP contribution in [0.3, 0.4) is 0 Å². The zero-order valence-corrected chi connectivity index (χ0v) is 21.0. The molecule has 3 rings (SSSR count). The van der Waals surface area contributed by atoms with E-state index in [1.165, 1.54) is 24.8 Å². The maximum atomic E-state index is 13.7. The lowest BCUT2D eigenvalue weighted by atomic mass is 9.68. The lowest BCUT2D eigenvalue weighted by Gasteiger charge is -2.41. The molecule has 0 spiro atoms. The highest BCUT2D eigenvalue weighted by atomic mass is 79.9. The molecule has 32 heavy (non-hydrogen) atoms. The molecule has 0 N–H and O–H groups in total. The first-order valence-corrected chi connectivity index (χ1v) is 12.8. The molecule has 0 heterocycles. The van der Waals surface area contributed by atoms with Crippen molar-refractivity contribution in [3.63, 3.8) is 0 Å². The Balaban J connectivity index is 1.76. The van der Waals surface area contributed by atoms with Crippen molar-refractivity contribution in [3.8, 4) is 0 Å². The van der Waals surface area contributed by atoms with Crippen LogP contribution in [0.25, 0.3) is 0 Å². The van der Waals surface area contributed by atoms with Crippen molar-refractivity contribution in [1.29, 1.82) is 0 Å². The summed E-state index contributed by atoms with van der Waals surface area (Å²) in [5.74, 6) is 0.781. The zero-order valence-electron chi connectivity index (χ0n) is 19.4. The summed E-state index contributed by atoms with van der Waals surface area (Å²) in [5, 5.41) is 0. The van der Waals surface area contributed by atoms with Gasteiger partial charge in [0.15, 0.2) is 0 Å². The van der Waals surface area contributed by atoms with Gasteiger partial charge in [0.25, 0.3) is 0 Å².